The van der Waals surface area contributed by atoms with E-state index in [4.69, 9.17) is 23.7 Å². The van der Waals surface area contributed by atoms with Crippen molar-refractivity contribution in [2.24, 2.45) is 17.8 Å². The lowest BCUT2D eigenvalue weighted by molar-refractivity contribution is -0.297. The second-order valence-corrected chi connectivity index (χ2v) is 15.8. The van der Waals surface area contributed by atoms with E-state index < -0.39 is 71.5 Å². The quantitative estimate of drug-likeness (QED) is 0.215. The first-order valence-corrected chi connectivity index (χ1v) is 18.8. The van der Waals surface area contributed by atoms with Crippen LogP contribution in [0.3, 0.4) is 0 Å². The van der Waals surface area contributed by atoms with Gasteiger partial charge in [-0.1, -0.05) is 32.9 Å². The summed E-state index contributed by atoms with van der Waals surface area (Å²) in [6.07, 6.45) is -3.57. The SMILES string of the molecule is CC[C@H]1OC(=O)C(C)C(=O)[C@H](C)[C@@H](O[C@@H]2OC(CNCc3cccc(C#N)c3)CC(N(C)C)C2O)[C@](C)(OC)C[C@@H](C)CN[C@H](C)[C@H]2NC(=O)O[C@@]21C. The maximum absolute atomic E-state index is 14.3. The summed E-state index contributed by atoms with van der Waals surface area (Å²) in [5, 5.41) is 30.8. The van der Waals surface area contributed by atoms with Crippen LogP contribution in [0.25, 0.3) is 0 Å². The number of nitrogens with zero attached hydrogens (tertiary/aromatic N) is 2. The zero-order valence-electron chi connectivity index (χ0n) is 33.0. The van der Waals surface area contributed by atoms with Crippen LogP contribution in [0.15, 0.2) is 24.3 Å². The van der Waals surface area contributed by atoms with Crippen molar-refractivity contribution in [1.29, 1.82) is 5.26 Å². The van der Waals surface area contributed by atoms with Crippen LogP contribution < -0.4 is 16.0 Å². The Hall–Kier alpha value is -3.16. The summed E-state index contributed by atoms with van der Waals surface area (Å²) >= 11 is 0. The van der Waals surface area contributed by atoms with Crippen LogP contribution >= 0.6 is 0 Å². The first kappa shape index (κ1) is 42.6. The van der Waals surface area contributed by atoms with E-state index in [-0.39, 0.29) is 24.1 Å². The van der Waals surface area contributed by atoms with Gasteiger partial charge in [-0.05, 0) is 91.2 Å². The highest BCUT2D eigenvalue weighted by molar-refractivity contribution is 6.00. The summed E-state index contributed by atoms with van der Waals surface area (Å²) in [4.78, 5) is 42.5. The smallest absolute Gasteiger partial charge is 0.408 e. The highest BCUT2D eigenvalue weighted by Crippen LogP contribution is 2.37. The van der Waals surface area contributed by atoms with E-state index in [0.717, 1.165) is 5.56 Å². The van der Waals surface area contributed by atoms with E-state index in [0.29, 0.717) is 44.5 Å². The molecule has 13 atom stereocenters. The fraction of sp³-hybridized carbons (Fsp3) is 0.744. The third-order valence-corrected chi connectivity index (χ3v) is 11.5. The third-order valence-electron chi connectivity index (χ3n) is 11.5. The number of hydrogen-bond donors (Lipinski definition) is 4. The van der Waals surface area contributed by atoms with Crippen LogP contribution in [0, 0.1) is 29.1 Å². The van der Waals surface area contributed by atoms with Crippen molar-refractivity contribution >= 4 is 17.8 Å². The van der Waals surface area contributed by atoms with Gasteiger partial charge in [-0.15, -0.1) is 0 Å². The number of likely N-dealkylation sites (N-methyl/N-ethyl adjacent to an activating group) is 1. The van der Waals surface area contributed by atoms with Gasteiger partial charge in [0.15, 0.2) is 17.7 Å². The van der Waals surface area contributed by atoms with Crippen LogP contribution in [-0.2, 0) is 39.8 Å². The molecule has 4 rings (SSSR count). The fourth-order valence-corrected chi connectivity index (χ4v) is 8.28. The van der Waals surface area contributed by atoms with Gasteiger partial charge in [0.25, 0.3) is 0 Å². The average molecular weight is 744 g/mol. The van der Waals surface area contributed by atoms with Gasteiger partial charge >= 0.3 is 12.1 Å². The summed E-state index contributed by atoms with van der Waals surface area (Å²) in [5.74, 6) is -3.22. The third kappa shape index (κ3) is 9.75. The molecule has 3 heterocycles. The van der Waals surface area contributed by atoms with Crippen molar-refractivity contribution in [3.8, 4) is 6.07 Å². The molecule has 0 bridgehead atoms. The van der Waals surface area contributed by atoms with E-state index in [1.807, 2.05) is 58.0 Å². The number of ketones is 1. The molecule has 0 aromatic heterocycles. The number of Topliss-reactive ketones (excluding diaryl/α,β-unsaturated/α-hetero) is 1. The molecule has 4 N–H and O–H groups in total. The fourth-order valence-electron chi connectivity index (χ4n) is 8.28. The summed E-state index contributed by atoms with van der Waals surface area (Å²) in [6, 6.07) is 8.45. The minimum absolute atomic E-state index is 0.00862. The van der Waals surface area contributed by atoms with Gasteiger partial charge in [-0.3, -0.25) is 9.59 Å². The van der Waals surface area contributed by atoms with Crippen LogP contribution in [0.5, 0.6) is 0 Å². The number of alkyl carbamates (subject to hydrolysis) is 1. The predicted molar refractivity (Wildman–Crippen MR) is 196 cm³/mol. The van der Waals surface area contributed by atoms with E-state index >= 15 is 0 Å². The molecule has 0 spiro atoms. The Labute approximate surface area is 314 Å². The summed E-state index contributed by atoms with van der Waals surface area (Å²) < 4.78 is 31.2. The number of aliphatic hydroxyl groups excluding tert-OH is 1. The maximum Gasteiger partial charge on any atom is 0.408 e. The number of hydrogen-bond acceptors (Lipinski definition) is 13. The largest absolute Gasteiger partial charge is 0.458 e. The molecule has 53 heavy (non-hydrogen) atoms. The molecule has 0 saturated carbocycles. The standard InChI is InChI=1S/C39H61N5O9/c1-11-30-39(7)33(43-37(48)53-39)25(5)42-19-22(2)17-38(6,49-10)34(23(3)31(45)24(4)35(47)51-30)52-36-32(46)29(44(8)9)16-28(50-36)21-41-20-27-14-12-13-26(15-27)18-40/h12-15,22-25,28-30,32-34,36,41-42,46H,11,16-17,19-21H2,1-10H3,(H,43,48)/t22-,23+,24?,25-,28?,29?,30-,32?,33-,34-,36+,38-,39-/m1/s1. The van der Waals surface area contributed by atoms with Gasteiger partial charge < -0.3 is 49.6 Å². The van der Waals surface area contributed by atoms with Gasteiger partial charge in [0.1, 0.15) is 18.1 Å². The Bertz CT molecular complexity index is 1470. The van der Waals surface area contributed by atoms with Gasteiger partial charge in [0.05, 0.1) is 35.5 Å². The van der Waals surface area contributed by atoms with Crippen molar-refractivity contribution < 1.29 is 43.2 Å². The molecule has 1 aromatic rings. The summed E-state index contributed by atoms with van der Waals surface area (Å²) in [7, 11) is 5.35. The molecular weight excluding hydrogens is 682 g/mol. The van der Waals surface area contributed by atoms with E-state index in [9.17, 15) is 24.8 Å². The molecule has 1 aromatic carbocycles. The topological polar surface area (TPSA) is 181 Å². The molecule has 3 saturated heterocycles. The molecule has 3 aliphatic rings. The van der Waals surface area contributed by atoms with E-state index in [1.165, 1.54) is 6.92 Å². The van der Waals surface area contributed by atoms with Crippen LogP contribution in [-0.4, -0.2) is 122 Å². The molecule has 0 radical (unpaired) electrons. The first-order chi connectivity index (χ1) is 25.0. The number of carbonyl (C=O) groups excluding carboxylic acids is 3. The summed E-state index contributed by atoms with van der Waals surface area (Å²) in [6.45, 7) is 14.2. The number of rotatable bonds is 9. The number of fused-ring (bicyclic) bond motifs is 1. The zero-order valence-corrected chi connectivity index (χ0v) is 33.0. The number of cyclic esters (lactones) is 1. The highest BCUT2D eigenvalue weighted by atomic mass is 16.7. The highest BCUT2D eigenvalue weighted by Gasteiger charge is 2.55. The van der Waals surface area contributed by atoms with Crippen molar-refractivity contribution in [3.05, 3.63) is 35.4 Å². The van der Waals surface area contributed by atoms with Gasteiger partial charge in [-0.2, -0.15) is 5.26 Å². The predicted octanol–water partition coefficient (Wildman–Crippen LogP) is 2.89. The lowest BCUT2D eigenvalue weighted by Gasteiger charge is -2.47. The monoisotopic (exact) mass is 743 g/mol. The van der Waals surface area contributed by atoms with Crippen molar-refractivity contribution in [2.75, 3.05) is 34.3 Å². The Morgan fingerprint density at radius 1 is 1.15 bits per heavy atom. The minimum atomic E-state index is -1.18. The molecule has 3 aliphatic heterocycles. The molecule has 0 aliphatic carbocycles. The molecule has 296 valence electrons. The summed E-state index contributed by atoms with van der Waals surface area (Å²) in [5.41, 5.74) is -0.706. The number of nitrogens with one attached hydrogen (secondary N) is 3. The normalized spacial score (nSPS) is 38.8. The maximum atomic E-state index is 14.3. The van der Waals surface area contributed by atoms with Gasteiger partial charge in [0, 0.05) is 38.2 Å². The molecule has 3 fully saturated rings. The lowest BCUT2D eigenvalue weighted by atomic mass is 9.78. The van der Waals surface area contributed by atoms with Crippen LogP contribution in [0.1, 0.15) is 78.9 Å². The van der Waals surface area contributed by atoms with Crippen LogP contribution in [0.4, 0.5) is 4.79 Å². The Balaban J connectivity index is 1.63. The number of methoxy groups -OCH3 is 1. The molecular formula is C39H61N5O9. The lowest BCUT2D eigenvalue weighted by Crippen LogP contribution is -2.60. The second-order valence-electron chi connectivity index (χ2n) is 15.8. The van der Waals surface area contributed by atoms with Crippen molar-refractivity contribution in [2.45, 2.75) is 134 Å². The Kier molecular flexibility index (Phi) is 14.4. The second kappa shape index (κ2) is 18.0. The van der Waals surface area contributed by atoms with Crippen molar-refractivity contribution in [1.82, 2.24) is 20.9 Å². The number of nitriles is 1. The van der Waals surface area contributed by atoms with Gasteiger partial charge in [0.2, 0.25) is 0 Å². The Morgan fingerprint density at radius 2 is 1.87 bits per heavy atom. The number of carbonyl (C=O) groups is 3. The first-order valence-electron chi connectivity index (χ1n) is 18.8. The average Bonchev–Trinajstić information content (AvgIpc) is 3.45. The van der Waals surface area contributed by atoms with E-state index in [2.05, 4.69) is 28.9 Å². The number of esters is 1. The zero-order chi connectivity index (χ0) is 39.2. The number of benzene rings is 1. The number of amides is 1. The molecule has 4 unspecified atom stereocenters. The molecule has 14 heteroatoms. The number of aliphatic hydroxyl groups is 1. The van der Waals surface area contributed by atoms with Crippen LogP contribution in [0.2, 0.25) is 0 Å². The molecule has 14 nitrogen and oxygen atoms in total. The molecule has 1 amide bonds. The van der Waals surface area contributed by atoms with E-state index in [1.54, 1.807) is 27.0 Å². The minimum Gasteiger partial charge on any atom is -0.458 e. The van der Waals surface area contributed by atoms with Gasteiger partial charge in [-0.25, -0.2) is 4.79 Å². The van der Waals surface area contributed by atoms with Crippen molar-refractivity contribution in [3.63, 3.8) is 0 Å². The number of ether oxygens (including phenoxy) is 5. The Morgan fingerprint density at radius 3 is 2.51 bits per heavy atom.